The molecule has 2 rings (SSSR count). The number of benzene rings is 2. The molecule has 2 aromatic carbocycles. The van der Waals surface area contributed by atoms with Gasteiger partial charge in [-0.3, -0.25) is 0 Å². The summed E-state index contributed by atoms with van der Waals surface area (Å²) in [5.41, 5.74) is 9.08. The van der Waals surface area contributed by atoms with E-state index in [9.17, 15) is 4.39 Å². The molecule has 2 N–H and O–H groups in total. The van der Waals surface area contributed by atoms with Gasteiger partial charge in [-0.05, 0) is 54.8 Å². The third kappa shape index (κ3) is 3.34. The van der Waals surface area contributed by atoms with Crippen LogP contribution in [0.2, 0.25) is 5.02 Å². The highest BCUT2D eigenvalue weighted by Crippen LogP contribution is 2.27. The van der Waals surface area contributed by atoms with E-state index in [1.165, 1.54) is 23.3 Å². The summed E-state index contributed by atoms with van der Waals surface area (Å²) in [7, 11) is 0. The van der Waals surface area contributed by atoms with Crippen molar-refractivity contribution in [3.05, 3.63) is 70.0 Å². The summed E-state index contributed by atoms with van der Waals surface area (Å²) in [4.78, 5) is 0. The molecule has 0 saturated carbocycles. The van der Waals surface area contributed by atoms with Crippen LogP contribution < -0.4 is 5.73 Å². The fourth-order valence-corrected chi connectivity index (χ4v) is 2.53. The first-order chi connectivity index (χ1) is 9.11. The largest absolute Gasteiger partial charge is 0.330 e. The lowest BCUT2D eigenvalue weighted by Crippen LogP contribution is -2.16. The zero-order chi connectivity index (χ0) is 13.8. The van der Waals surface area contributed by atoms with Gasteiger partial charge in [0.1, 0.15) is 5.82 Å². The van der Waals surface area contributed by atoms with E-state index in [4.69, 9.17) is 17.3 Å². The minimum Gasteiger partial charge on any atom is -0.330 e. The molecule has 1 atom stereocenters. The fraction of sp³-hybridized carbons (Fsp3) is 0.250. The molecule has 0 aliphatic heterocycles. The van der Waals surface area contributed by atoms with Crippen molar-refractivity contribution < 1.29 is 4.39 Å². The van der Waals surface area contributed by atoms with E-state index >= 15 is 0 Å². The molecule has 0 amide bonds. The second kappa shape index (κ2) is 6.18. The van der Waals surface area contributed by atoms with Gasteiger partial charge in [-0.1, -0.05) is 35.9 Å². The second-order valence-electron chi connectivity index (χ2n) is 4.73. The lowest BCUT2D eigenvalue weighted by atomic mass is 9.89. The van der Waals surface area contributed by atoms with Crippen molar-refractivity contribution in [3.8, 4) is 0 Å². The summed E-state index contributed by atoms with van der Waals surface area (Å²) in [6.45, 7) is 2.57. The molecule has 3 heteroatoms. The van der Waals surface area contributed by atoms with Crippen LogP contribution in [-0.2, 0) is 6.42 Å². The molecule has 0 radical (unpaired) electrons. The maximum absolute atomic E-state index is 13.3. The number of aryl methyl sites for hydroxylation is 1. The molecule has 0 saturated heterocycles. The third-order valence-corrected chi connectivity index (χ3v) is 3.76. The highest BCUT2D eigenvalue weighted by atomic mass is 35.5. The molecular weight excluding hydrogens is 261 g/mol. The van der Waals surface area contributed by atoms with E-state index in [1.807, 2.05) is 12.1 Å². The highest BCUT2D eigenvalue weighted by Gasteiger charge is 2.14. The van der Waals surface area contributed by atoms with Crippen molar-refractivity contribution in [2.45, 2.75) is 19.3 Å². The summed E-state index contributed by atoms with van der Waals surface area (Å²) in [6, 6.07) is 12.6. The van der Waals surface area contributed by atoms with Gasteiger partial charge in [-0.15, -0.1) is 0 Å². The molecule has 0 heterocycles. The van der Waals surface area contributed by atoms with Gasteiger partial charge in [0.15, 0.2) is 0 Å². The van der Waals surface area contributed by atoms with Crippen molar-refractivity contribution in [3.63, 3.8) is 0 Å². The first-order valence-electron chi connectivity index (χ1n) is 6.31. The van der Waals surface area contributed by atoms with Gasteiger partial charge in [0, 0.05) is 10.9 Å². The molecule has 1 unspecified atom stereocenters. The standard InChI is InChI=1S/C16H17ClFN/c1-11-4-2-3-5-15(11)13(10-19)8-12-9-14(18)6-7-16(12)17/h2-7,9,13H,8,10,19H2,1H3. The zero-order valence-corrected chi connectivity index (χ0v) is 11.6. The van der Waals surface area contributed by atoms with Gasteiger partial charge in [0.2, 0.25) is 0 Å². The fourth-order valence-electron chi connectivity index (χ4n) is 2.33. The topological polar surface area (TPSA) is 26.0 Å². The Hall–Kier alpha value is -1.38. The van der Waals surface area contributed by atoms with Crippen LogP contribution in [0.1, 0.15) is 22.6 Å². The van der Waals surface area contributed by atoms with Gasteiger partial charge in [0.05, 0.1) is 0 Å². The summed E-state index contributed by atoms with van der Waals surface area (Å²) in [5, 5.41) is 0.591. The molecule has 1 nitrogen and oxygen atoms in total. The van der Waals surface area contributed by atoms with Gasteiger partial charge < -0.3 is 5.73 Å². The minimum atomic E-state index is -0.264. The van der Waals surface area contributed by atoms with E-state index in [0.717, 1.165) is 5.56 Å². The molecule has 2 aromatic rings. The average molecular weight is 278 g/mol. The lowest BCUT2D eigenvalue weighted by Gasteiger charge is -2.18. The van der Waals surface area contributed by atoms with Crippen LogP contribution in [0.4, 0.5) is 4.39 Å². The molecule has 0 bridgehead atoms. The molecule has 0 aliphatic rings. The smallest absolute Gasteiger partial charge is 0.123 e. The van der Waals surface area contributed by atoms with Crippen molar-refractivity contribution in [1.29, 1.82) is 0 Å². The van der Waals surface area contributed by atoms with Gasteiger partial charge in [0.25, 0.3) is 0 Å². The summed E-state index contributed by atoms with van der Waals surface area (Å²) in [5.74, 6) is -0.111. The number of hydrogen-bond acceptors (Lipinski definition) is 1. The SMILES string of the molecule is Cc1ccccc1C(CN)Cc1cc(F)ccc1Cl. The minimum absolute atomic E-state index is 0.153. The van der Waals surface area contributed by atoms with E-state index < -0.39 is 0 Å². The van der Waals surface area contributed by atoms with Crippen molar-refractivity contribution in [1.82, 2.24) is 0 Å². The number of nitrogens with two attached hydrogens (primary N) is 1. The second-order valence-corrected chi connectivity index (χ2v) is 5.14. The molecule has 0 spiro atoms. The molecular formula is C16H17ClFN. The summed E-state index contributed by atoms with van der Waals surface area (Å²) < 4.78 is 13.3. The number of halogens is 2. The van der Waals surface area contributed by atoms with Gasteiger partial charge in [-0.2, -0.15) is 0 Å². The monoisotopic (exact) mass is 277 g/mol. The molecule has 100 valence electrons. The Balaban J connectivity index is 2.29. The predicted octanol–water partition coefficient (Wildman–Crippen LogP) is 4.07. The highest BCUT2D eigenvalue weighted by molar-refractivity contribution is 6.31. The Morgan fingerprint density at radius 3 is 2.63 bits per heavy atom. The quantitative estimate of drug-likeness (QED) is 0.896. The normalized spacial score (nSPS) is 12.4. The Morgan fingerprint density at radius 1 is 1.21 bits per heavy atom. The van der Waals surface area contributed by atoms with Crippen molar-refractivity contribution in [2.75, 3.05) is 6.54 Å². The lowest BCUT2D eigenvalue weighted by molar-refractivity contribution is 0.620. The maximum Gasteiger partial charge on any atom is 0.123 e. The molecule has 0 fully saturated rings. The van der Waals surface area contributed by atoms with Crippen LogP contribution in [0.3, 0.4) is 0 Å². The zero-order valence-electron chi connectivity index (χ0n) is 10.9. The van der Waals surface area contributed by atoms with Crippen LogP contribution in [0.25, 0.3) is 0 Å². The van der Waals surface area contributed by atoms with Gasteiger partial charge in [-0.25, -0.2) is 4.39 Å². The Kier molecular flexibility index (Phi) is 4.56. The first-order valence-corrected chi connectivity index (χ1v) is 6.69. The van der Waals surface area contributed by atoms with Crippen LogP contribution in [0, 0.1) is 12.7 Å². The molecule has 0 aromatic heterocycles. The van der Waals surface area contributed by atoms with E-state index in [0.29, 0.717) is 18.0 Å². The van der Waals surface area contributed by atoms with E-state index in [-0.39, 0.29) is 11.7 Å². The Morgan fingerprint density at radius 2 is 1.95 bits per heavy atom. The number of hydrogen-bond donors (Lipinski definition) is 1. The van der Waals surface area contributed by atoms with Crippen LogP contribution in [-0.4, -0.2) is 6.54 Å². The average Bonchev–Trinajstić information content (AvgIpc) is 2.41. The number of rotatable bonds is 4. The Labute approximate surface area is 118 Å². The molecule has 0 aliphatic carbocycles. The van der Waals surface area contributed by atoms with Gasteiger partial charge >= 0.3 is 0 Å². The third-order valence-electron chi connectivity index (χ3n) is 3.39. The van der Waals surface area contributed by atoms with Crippen LogP contribution in [0.15, 0.2) is 42.5 Å². The predicted molar refractivity (Wildman–Crippen MR) is 78.1 cm³/mol. The summed E-state index contributed by atoms with van der Waals surface area (Å²) in [6.07, 6.45) is 0.651. The van der Waals surface area contributed by atoms with E-state index in [2.05, 4.69) is 19.1 Å². The summed E-state index contributed by atoms with van der Waals surface area (Å²) >= 11 is 6.12. The van der Waals surface area contributed by atoms with Crippen LogP contribution in [0.5, 0.6) is 0 Å². The Bertz CT molecular complexity index is 568. The van der Waals surface area contributed by atoms with Crippen molar-refractivity contribution >= 4 is 11.6 Å². The maximum atomic E-state index is 13.3. The molecule has 19 heavy (non-hydrogen) atoms. The first kappa shape index (κ1) is 14.0. The van der Waals surface area contributed by atoms with Crippen molar-refractivity contribution in [2.24, 2.45) is 5.73 Å². The van der Waals surface area contributed by atoms with E-state index in [1.54, 1.807) is 6.07 Å². The van der Waals surface area contributed by atoms with Crippen LogP contribution >= 0.6 is 11.6 Å².